The Bertz CT molecular complexity index is 189. The van der Waals surface area contributed by atoms with Crippen LogP contribution in [-0.2, 0) is 9.53 Å². The predicted molar refractivity (Wildman–Crippen MR) is 61.9 cm³/mol. The highest BCUT2D eigenvalue weighted by Crippen LogP contribution is 2.31. The molecule has 1 rings (SSSR count). The van der Waals surface area contributed by atoms with Gasteiger partial charge in [0, 0.05) is 25.6 Å². The molecule has 15 heavy (non-hydrogen) atoms. The summed E-state index contributed by atoms with van der Waals surface area (Å²) in [6.07, 6.45) is 6.52. The highest BCUT2D eigenvalue weighted by Gasteiger charge is 2.27. The van der Waals surface area contributed by atoms with Gasteiger partial charge < -0.3 is 4.74 Å². The van der Waals surface area contributed by atoms with Gasteiger partial charge in [-0.05, 0) is 32.1 Å². The fraction of sp³-hybridized carbons (Fsp3) is 0.923. The summed E-state index contributed by atoms with van der Waals surface area (Å²) >= 11 is 0. The van der Waals surface area contributed by atoms with E-state index in [0.29, 0.717) is 11.7 Å². The second kappa shape index (κ2) is 7.00. The maximum atomic E-state index is 11.7. The topological polar surface area (TPSA) is 26.3 Å². The van der Waals surface area contributed by atoms with E-state index in [1.165, 1.54) is 12.8 Å². The molecule has 2 nitrogen and oxygen atoms in total. The molecule has 0 bridgehead atoms. The number of hydrogen-bond donors (Lipinski definition) is 0. The van der Waals surface area contributed by atoms with Crippen LogP contribution in [0.2, 0.25) is 0 Å². The minimum Gasteiger partial charge on any atom is -0.382 e. The summed E-state index contributed by atoms with van der Waals surface area (Å²) in [6, 6.07) is 0. The van der Waals surface area contributed by atoms with Crippen molar-refractivity contribution < 1.29 is 9.53 Å². The van der Waals surface area contributed by atoms with Crippen molar-refractivity contribution in [3.63, 3.8) is 0 Å². The van der Waals surface area contributed by atoms with Gasteiger partial charge in [0.25, 0.3) is 0 Å². The molecule has 1 aliphatic rings. The van der Waals surface area contributed by atoms with Crippen molar-refractivity contribution in [2.75, 3.05) is 13.2 Å². The first-order chi connectivity index (χ1) is 7.27. The molecule has 2 unspecified atom stereocenters. The largest absolute Gasteiger partial charge is 0.382 e. The van der Waals surface area contributed by atoms with Gasteiger partial charge in [0.05, 0.1) is 0 Å². The van der Waals surface area contributed by atoms with Crippen LogP contribution < -0.4 is 0 Å². The third-order valence-electron chi connectivity index (χ3n) is 3.38. The Morgan fingerprint density at radius 3 is 2.80 bits per heavy atom. The van der Waals surface area contributed by atoms with Crippen LogP contribution in [0.1, 0.15) is 52.4 Å². The van der Waals surface area contributed by atoms with Gasteiger partial charge in [-0.15, -0.1) is 0 Å². The van der Waals surface area contributed by atoms with Gasteiger partial charge in [0.2, 0.25) is 0 Å². The fourth-order valence-electron chi connectivity index (χ4n) is 2.52. The van der Waals surface area contributed by atoms with Gasteiger partial charge in [0.1, 0.15) is 5.78 Å². The molecule has 0 aromatic rings. The van der Waals surface area contributed by atoms with Crippen molar-refractivity contribution in [2.45, 2.75) is 52.4 Å². The Labute approximate surface area is 93.4 Å². The molecule has 88 valence electrons. The summed E-state index contributed by atoms with van der Waals surface area (Å²) < 4.78 is 5.33. The molecule has 0 amide bonds. The van der Waals surface area contributed by atoms with Crippen molar-refractivity contribution in [3.05, 3.63) is 0 Å². The van der Waals surface area contributed by atoms with Crippen LogP contribution >= 0.6 is 0 Å². The first kappa shape index (κ1) is 12.7. The first-order valence-electron chi connectivity index (χ1n) is 6.38. The van der Waals surface area contributed by atoms with Crippen LogP contribution in [0.5, 0.6) is 0 Å². The predicted octanol–water partition coefficient (Wildman–Crippen LogP) is 3.20. The molecule has 0 aliphatic heterocycles. The SMILES string of the molecule is CCCC1CCC(=O)C(CCOCC)C1. The number of rotatable bonds is 6. The second-order valence-corrected chi connectivity index (χ2v) is 4.58. The lowest BCUT2D eigenvalue weighted by Crippen LogP contribution is -2.26. The second-order valence-electron chi connectivity index (χ2n) is 4.58. The highest BCUT2D eigenvalue weighted by molar-refractivity contribution is 5.81. The number of ketones is 1. The molecule has 2 atom stereocenters. The quantitative estimate of drug-likeness (QED) is 0.632. The van der Waals surface area contributed by atoms with Gasteiger partial charge in [-0.25, -0.2) is 0 Å². The average Bonchev–Trinajstić information content (AvgIpc) is 2.23. The summed E-state index contributed by atoms with van der Waals surface area (Å²) in [5.41, 5.74) is 0. The molecular weight excluding hydrogens is 188 g/mol. The van der Waals surface area contributed by atoms with Crippen molar-refractivity contribution >= 4 is 5.78 Å². The van der Waals surface area contributed by atoms with E-state index >= 15 is 0 Å². The third kappa shape index (κ3) is 4.33. The Hall–Kier alpha value is -0.370. The summed E-state index contributed by atoms with van der Waals surface area (Å²) in [7, 11) is 0. The normalized spacial score (nSPS) is 26.9. The van der Waals surface area contributed by atoms with Crippen molar-refractivity contribution in [1.29, 1.82) is 0 Å². The molecule has 0 aromatic carbocycles. The molecule has 0 aromatic heterocycles. The molecule has 0 saturated heterocycles. The van der Waals surface area contributed by atoms with E-state index in [1.807, 2.05) is 6.92 Å². The van der Waals surface area contributed by atoms with E-state index in [9.17, 15) is 4.79 Å². The van der Waals surface area contributed by atoms with Gasteiger partial charge in [-0.2, -0.15) is 0 Å². The number of carbonyl (C=O) groups is 1. The van der Waals surface area contributed by atoms with Crippen LogP contribution in [-0.4, -0.2) is 19.0 Å². The van der Waals surface area contributed by atoms with Crippen LogP contribution in [0.15, 0.2) is 0 Å². The van der Waals surface area contributed by atoms with Gasteiger partial charge in [-0.3, -0.25) is 4.79 Å². The minimum atomic E-state index is 0.293. The van der Waals surface area contributed by atoms with Crippen LogP contribution in [0.3, 0.4) is 0 Å². The maximum Gasteiger partial charge on any atom is 0.136 e. The van der Waals surface area contributed by atoms with E-state index in [1.54, 1.807) is 0 Å². The number of ether oxygens (including phenoxy) is 1. The Kier molecular flexibility index (Phi) is 5.92. The van der Waals surface area contributed by atoms with E-state index in [-0.39, 0.29) is 0 Å². The smallest absolute Gasteiger partial charge is 0.136 e. The number of carbonyl (C=O) groups excluding carboxylic acids is 1. The number of Topliss-reactive ketones (excluding diaryl/α,β-unsaturated/α-hetero) is 1. The van der Waals surface area contributed by atoms with Crippen molar-refractivity contribution in [2.24, 2.45) is 11.8 Å². The van der Waals surface area contributed by atoms with E-state index < -0.39 is 0 Å². The monoisotopic (exact) mass is 212 g/mol. The molecule has 1 saturated carbocycles. The average molecular weight is 212 g/mol. The Balaban J connectivity index is 2.29. The van der Waals surface area contributed by atoms with E-state index in [0.717, 1.165) is 44.8 Å². The highest BCUT2D eigenvalue weighted by atomic mass is 16.5. The molecule has 0 N–H and O–H groups in total. The zero-order valence-electron chi connectivity index (χ0n) is 10.1. The van der Waals surface area contributed by atoms with Gasteiger partial charge in [0.15, 0.2) is 0 Å². The Morgan fingerprint density at radius 2 is 2.13 bits per heavy atom. The lowest BCUT2D eigenvalue weighted by molar-refractivity contribution is -0.126. The van der Waals surface area contributed by atoms with Crippen LogP contribution in [0, 0.1) is 11.8 Å². The minimum absolute atomic E-state index is 0.293. The molecule has 0 heterocycles. The summed E-state index contributed by atoms with van der Waals surface area (Å²) in [5.74, 6) is 1.56. The molecule has 0 radical (unpaired) electrons. The Morgan fingerprint density at radius 1 is 1.33 bits per heavy atom. The van der Waals surface area contributed by atoms with Crippen LogP contribution in [0.4, 0.5) is 0 Å². The molecular formula is C13H24O2. The van der Waals surface area contributed by atoms with Gasteiger partial charge in [-0.1, -0.05) is 19.8 Å². The lowest BCUT2D eigenvalue weighted by Gasteiger charge is -2.27. The zero-order chi connectivity index (χ0) is 11.1. The zero-order valence-corrected chi connectivity index (χ0v) is 10.1. The van der Waals surface area contributed by atoms with Crippen LogP contribution in [0.25, 0.3) is 0 Å². The maximum absolute atomic E-state index is 11.7. The van der Waals surface area contributed by atoms with E-state index in [2.05, 4.69) is 6.92 Å². The molecule has 1 fully saturated rings. The summed E-state index contributed by atoms with van der Waals surface area (Å²) in [6.45, 7) is 5.75. The fourth-order valence-corrected chi connectivity index (χ4v) is 2.52. The standard InChI is InChI=1S/C13H24O2/c1-3-5-11-6-7-13(14)12(10-11)8-9-15-4-2/h11-12H,3-10H2,1-2H3. The molecule has 2 heteroatoms. The lowest BCUT2D eigenvalue weighted by atomic mass is 9.77. The summed E-state index contributed by atoms with van der Waals surface area (Å²) in [4.78, 5) is 11.7. The van der Waals surface area contributed by atoms with Crippen molar-refractivity contribution in [3.8, 4) is 0 Å². The van der Waals surface area contributed by atoms with E-state index in [4.69, 9.17) is 4.74 Å². The molecule has 0 spiro atoms. The first-order valence-corrected chi connectivity index (χ1v) is 6.38. The number of hydrogen-bond acceptors (Lipinski definition) is 2. The van der Waals surface area contributed by atoms with Gasteiger partial charge >= 0.3 is 0 Å². The third-order valence-corrected chi connectivity index (χ3v) is 3.38. The summed E-state index contributed by atoms with van der Waals surface area (Å²) in [5, 5.41) is 0. The van der Waals surface area contributed by atoms with Crippen molar-refractivity contribution in [1.82, 2.24) is 0 Å². The molecule has 1 aliphatic carbocycles.